The molecule has 2 saturated carbocycles. The SMILES string of the molecule is NCC1CCCC(C2CCN(C(=O)C3CCCC(O)C3)CC2)C1. The molecule has 0 bridgehead atoms. The second kappa shape index (κ2) is 7.98. The van der Waals surface area contributed by atoms with Crippen molar-refractivity contribution < 1.29 is 9.90 Å². The van der Waals surface area contributed by atoms with Crippen molar-refractivity contribution in [2.45, 2.75) is 70.3 Å². The average Bonchev–Trinajstić information content (AvgIpc) is 2.61. The van der Waals surface area contributed by atoms with Crippen LogP contribution < -0.4 is 5.73 Å². The maximum atomic E-state index is 12.7. The standard InChI is InChI=1S/C19H34N2O2/c20-13-14-3-1-4-16(11-14)15-7-9-21(10-8-15)19(23)17-5-2-6-18(22)12-17/h14-18,22H,1-13,20H2. The molecule has 1 amide bonds. The lowest BCUT2D eigenvalue weighted by atomic mass is 9.72. The van der Waals surface area contributed by atoms with Crippen molar-refractivity contribution in [3.05, 3.63) is 0 Å². The molecule has 0 aromatic rings. The number of piperidine rings is 1. The third kappa shape index (κ3) is 4.27. The lowest BCUT2D eigenvalue weighted by Crippen LogP contribution is -2.44. The number of aliphatic hydroxyl groups is 1. The number of carbonyl (C=O) groups is 1. The number of nitrogens with zero attached hydrogens (tertiary/aromatic N) is 1. The van der Waals surface area contributed by atoms with Gasteiger partial charge in [-0.1, -0.05) is 19.3 Å². The van der Waals surface area contributed by atoms with Crippen LogP contribution in [-0.2, 0) is 4.79 Å². The van der Waals surface area contributed by atoms with Gasteiger partial charge in [-0.2, -0.15) is 0 Å². The minimum atomic E-state index is -0.259. The second-order valence-corrected chi connectivity index (χ2v) is 8.21. The fourth-order valence-electron chi connectivity index (χ4n) is 5.21. The van der Waals surface area contributed by atoms with Gasteiger partial charge in [0.25, 0.3) is 0 Å². The highest BCUT2D eigenvalue weighted by Crippen LogP contribution is 2.38. The van der Waals surface area contributed by atoms with Gasteiger partial charge in [-0.3, -0.25) is 4.79 Å². The molecule has 4 heteroatoms. The van der Waals surface area contributed by atoms with Gasteiger partial charge in [-0.15, -0.1) is 0 Å². The Kier molecular flexibility index (Phi) is 5.97. The van der Waals surface area contributed by atoms with Crippen molar-refractivity contribution in [1.29, 1.82) is 0 Å². The minimum absolute atomic E-state index is 0.0756. The molecule has 0 aromatic carbocycles. The predicted octanol–water partition coefficient (Wildman–Crippen LogP) is 2.54. The van der Waals surface area contributed by atoms with Crippen LogP contribution in [0.3, 0.4) is 0 Å². The summed E-state index contributed by atoms with van der Waals surface area (Å²) in [6, 6.07) is 0. The van der Waals surface area contributed by atoms with E-state index in [4.69, 9.17) is 5.73 Å². The molecule has 4 nitrogen and oxygen atoms in total. The summed E-state index contributed by atoms with van der Waals surface area (Å²) >= 11 is 0. The number of amides is 1. The molecular formula is C19H34N2O2. The van der Waals surface area contributed by atoms with Crippen molar-refractivity contribution in [3.8, 4) is 0 Å². The molecule has 3 N–H and O–H groups in total. The maximum Gasteiger partial charge on any atom is 0.225 e. The van der Waals surface area contributed by atoms with Gasteiger partial charge in [0.1, 0.15) is 0 Å². The number of carbonyl (C=O) groups excluding carboxylic acids is 1. The summed E-state index contributed by atoms with van der Waals surface area (Å²) in [6.45, 7) is 2.71. The van der Waals surface area contributed by atoms with Gasteiger partial charge in [0, 0.05) is 19.0 Å². The molecule has 0 aromatic heterocycles. The molecule has 4 atom stereocenters. The maximum absolute atomic E-state index is 12.7. The van der Waals surface area contributed by atoms with E-state index in [0.29, 0.717) is 12.3 Å². The second-order valence-electron chi connectivity index (χ2n) is 8.21. The predicted molar refractivity (Wildman–Crippen MR) is 91.8 cm³/mol. The lowest BCUT2D eigenvalue weighted by Gasteiger charge is -2.40. The van der Waals surface area contributed by atoms with Crippen LogP contribution >= 0.6 is 0 Å². The zero-order chi connectivity index (χ0) is 16.2. The van der Waals surface area contributed by atoms with Crippen LogP contribution in [0.4, 0.5) is 0 Å². The zero-order valence-corrected chi connectivity index (χ0v) is 14.5. The van der Waals surface area contributed by atoms with Crippen molar-refractivity contribution in [3.63, 3.8) is 0 Å². The Labute approximate surface area is 140 Å². The molecule has 3 rings (SSSR count). The van der Waals surface area contributed by atoms with Gasteiger partial charge in [0.15, 0.2) is 0 Å². The summed E-state index contributed by atoms with van der Waals surface area (Å²) in [6.07, 6.45) is 10.9. The van der Waals surface area contributed by atoms with E-state index in [1.54, 1.807) is 0 Å². The molecule has 1 aliphatic heterocycles. The molecule has 0 spiro atoms. The minimum Gasteiger partial charge on any atom is -0.393 e. The molecule has 1 heterocycles. The molecular weight excluding hydrogens is 288 g/mol. The van der Waals surface area contributed by atoms with Gasteiger partial charge in [-0.25, -0.2) is 0 Å². The molecule has 23 heavy (non-hydrogen) atoms. The van der Waals surface area contributed by atoms with E-state index in [1.807, 2.05) is 0 Å². The van der Waals surface area contributed by atoms with Crippen molar-refractivity contribution in [2.24, 2.45) is 29.4 Å². The summed E-state index contributed by atoms with van der Waals surface area (Å²) in [5, 5.41) is 9.81. The van der Waals surface area contributed by atoms with E-state index in [1.165, 1.54) is 38.5 Å². The van der Waals surface area contributed by atoms with E-state index >= 15 is 0 Å². The van der Waals surface area contributed by atoms with Gasteiger partial charge >= 0.3 is 0 Å². The highest BCUT2D eigenvalue weighted by molar-refractivity contribution is 5.79. The molecule has 4 unspecified atom stereocenters. The molecule has 1 saturated heterocycles. The summed E-state index contributed by atoms with van der Waals surface area (Å²) in [7, 11) is 0. The summed E-state index contributed by atoms with van der Waals surface area (Å²) < 4.78 is 0. The van der Waals surface area contributed by atoms with Crippen molar-refractivity contribution in [2.75, 3.05) is 19.6 Å². The van der Waals surface area contributed by atoms with E-state index in [9.17, 15) is 9.90 Å². The molecule has 3 fully saturated rings. The number of rotatable bonds is 3. The summed E-state index contributed by atoms with van der Waals surface area (Å²) in [5.74, 6) is 2.76. The monoisotopic (exact) mass is 322 g/mol. The summed E-state index contributed by atoms with van der Waals surface area (Å²) in [4.78, 5) is 14.8. The van der Waals surface area contributed by atoms with Crippen LogP contribution in [0.1, 0.15) is 64.2 Å². The van der Waals surface area contributed by atoms with Crippen LogP contribution in [0.2, 0.25) is 0 Å². The fraction of sp³-hybridized carbons (Fsp3) is 0.947. The topological polar surface area (TPSA) is 66.6 Å². The van der Waals surface area contributed by atoms with Gasteiger partial charge in [-0.05, 0) is 69.2 Å². The third-order valence-corrected chi connectivity index (χ3v) is 6.67. The Hall–Kier alpha value is -0.610. The Bertz CT molecular complexity index is 393. The van der Waals surface area contributed by atoms with Crippen molar-refractivity contribution in [1.82, 2.24) is 4.90 Å². The van der Waals surface area contributed by atoms with E-state index in [2.05, 4.69) is 4.90 Å². The first kappa shape index (κ1) is 17.2. The van der Waals surface area contributed by atoms with Gasteiger partial charge in [0.2, 0.25) is 5.91 Å². The molecule has 132 valence electrons. The highest BCUT2D eigenvalue weighted by atomic mass is 16.3. The Morgan fingerprint density at radius 1 is 0.957 bits per heavy atom. The molecule has 3 aliphatic rings. The molecule has 2 aliphatic carbocycles. The van der Waals surface area contributed by atoms with Crippen LogP contribution in [0.5, 0.6) is 0 Å². The van der Waals surface area contributed by atoms with E-state index in [-0.39, 0.29) is 12.0 Å². The van der Waals surface area contributed by atoms with Crippen molar-refractivity contribution >= 4 is 5.91 Å². The van der Waals surface area contributed by atoms with Crippen LogP contribution in [0, 0.1) is 23.7 Å². The number of aliphatic hydroxyl groups excluding tert-OH is 1. The number of nitrogens with two attached hydrogens (primary N) is 1. The lowest BCUT2D eigenvalue weighted by molar-refractivity contribution is -0.139. The van der Waals surface area contributed by atoms with Gasteiger partial charge < -0.3 is 15.7 Å². The number of likely N-dealkylation sites (tertiary alicyclic amines) is 1. The summed E-state index contributed by atoms with van der Waals surface area (Å²) in [5.41, 5.74) is 5.88. The van der Waals surface area contributed by atoms with Crippen LogP contribution in [0.15, 0.2) is 0 Å². The Balaban J connectivity index is 1.47. The zero-order valence-electron chi connectivity index (χ0n) is 14.5. The normalized spacial score (nSPS) is 36.9. The largest absolute Gasteiger partial charge is 0.393 e. The average molecular weight is 322 g/mol. The quantitative estimate of drug-likeness (QED) is 0.839. The first-order valence-corrected chi connectivity index (χ1v) is 9.84. The number of hydrogen-bond acceptors (Lipinski definition) is 3. The van der Waals surface area contributed by atoms with Crippen LogP contribution in [-0.4, -0.2) is 41.7 Å². The van der Waals surface area contributed by atoms with Crippen LogP contribution in [0.25, 0.3) is 0 Å². The third-order valence-electron chi connectivity index (χ3n) is 6.67. The van der Waals surface area contributed by atoms with Gasteiger partial charge in [0.05, 0.1) is 6.10 Å². The van der Waals surface area contributed by atoms with E-state index < -0.39 is 0 Å². The van der Waals surface area contributed by atoms with E-state index in [0.717, 1.165) is 56.7 Å². The highest BCUT2D eigenvalue weighted by Gasteiger charge is 2.34. The first-order valence-electron chi connectivity index (χ1n) is 9.84. The first-order chi connectivity index (χ1) is 11.2. The molecule has 0 radical (unpaired) electrons. The smallest absolute Gasteiger partial charge is 0.225 e. The number of hydrogen-bond donors (Lipinski definition) is 2. The fourth-order valence-corrected chi connectivity index (χ4v) is 5.21. The Morgan fingerprint density at radius 2 is 1.70 bits per heavy atom. The Morgan fingerprint density at radius 3 is 2.39 bits per heavy atom.